The Hall–Kier alpha value is -1.49. The van der Waals surface area contributed by atoms with Gasteiger partial charge >= 0.3 is 0 Å². The van der Waals surface area contributed by atoms with Gasteiger partial charge in [0.1, 0.15) is 5.69 Å². The van der Waals surface area contributed by atoms with Crippen molar-refractivity contribution in [3.63, 3.8) is 0 Å². The lowest BCUT2D eigenvalue weighted by Gasteiger charge is -2.40. The number of rotatable bonds is 3. The van der Waals surface area contributed by atoms with Crippen molar-refractivity contribution in [3.8, 4) is 0 Å². The van der Waals surface area contributed by atoms with Crippen LogP contribution in [0.1, 0.15) is 23.1 Å². The Bertz CT molecular complexity index is 430. The SMILES string of the molecule is [CH]c1cncc(C(=O)N(C)CC2(C)COC2)n1. The summed E-state index contributed by atoms with van der Waals surface area (Å²) in [6.07, 6.45) is 2.84. The van der Waals surface area contributed by atoms with Crippen molar-refractivity contribution in [3.05, 3.63) is 30.7 Å². The Balaban J connectivity index is 2.04. The van der Waals surface area contributed by atoms with Gasteiger partial charge in [0.15, 0.2) is 0 Å². The fourth-order valence-electron chi connectivity index (χ4n) is 1.87. The first-order valence-corrected chi connectivity index (χ1v) is 5.41. The molecule has 2 radical (unpaired) electrons. The van der Waals surface area contributed by atoms with Crippen molar-refractivity contribution >= 4 is 5.91 Å². The maximum absolute atomic E-state index is 12.0. The molecule has 1 aromatic heterocycles. The van der Waals surface area contributed by atoms with Gasteiger partial charge in [0.05, 0.1) is 25.1 Å². The van der Waals surface area contributed by atoms with Crippen molar-refractivity contribution < 1.29 is 9.53 Å². The van der Waals surface area contributed by atoms with E-state index < -0.39 is 0 Å². The number of aromatic nitrogens is 2. The van der Waals surface area contributed by atoms with Crippen LogP contribution in [0.25, 0.3) is 0 Å². The first kappa shape index (κ1) is 12.0. The van der Waals surface area contributed by atoms with Gasteiger partial charge in [0.2, 0.25) is 0 Å². The van der Waals surface area contributed by atoms with E-state index in [1.807, 2.05) is 0 Å². The number of hydrogen-bond donors (Lipinski definition) is 0. The van der Waals surface area contributed by atoms with E-state index in [-0.39, 0.29) is 22.7 Å². The summed E-state index contributed by atoms with van der Waals surface area (Å²) in [5, 5.41) is 0. The third-order valence-electron chi connectivity index (χ3n) is 2.74. The summed E-state index contributed by atoms with van der Waals surface area (Å²) >= 11 is 0. The number of nitrogens with zero attached hydrogens (tertiary/aromatic N) is 3. The quantitative estimate of drug-likeness (QED) is 0.769. The van der Waals surface area contributed by atoms with Gasteiger partial charge in [-0.15, -0.1) is 0 Å². The molecule has 0 aromatic carbocycles. The zero-order valence-corrected chi connectivity index (χ0v) is 10.0. The van der Waals surface area contributed by atoms with E-state index in [4.69, 9.17) is 11.7 Å². The number of carbonyl (C=O) groups excluding carboxylic acids is 1. The first-order valence-electron chi connectivity index (χ1n) is 5.41. The topological polar surface area (TPSA) is 55.3 Å². The monoisotopic (exact) mass is 233 g/mol. The summed E-state index contributed by atoms with van der Waals surface area (Å²) in [6, 6.07) is 0. The van der Waals surface area contributed by atoms with E-state index in [0.29, 0.717) is 19.8 Å². The molecule has 0 unspecified atom stereocenters. The van der Waals surface area contributed by atoms with E-state index in [2.05, 4.69) is 16.9 Å². The molecule has 0 bridgehead atoms. The van der Waals surface area contributed by atoms with Crippen molar-refractivity contribution in [2.24, 2.45) is 5.41 Å². The normalized spacial score (nSPS) is 17.4. The molecule has 0 N–H and O–H groups in total. The van der Waals surface area contributed by atoms with Crippen LogP contribution in [-0.2, 0) is 4.74 Å². The molecule has 0 saturated carbocycles. The summed E-state index contributed by atoms with van der Waals surface area (Å²) < 4.78 is 5.16. The van der Waals surface area contributed by atoms with E-state index in [9.17, 15) is 4.79 Å². The average molecular weight is 233 g/mol. The fourth-order valence-corrected chi connectivity index (χ4v) is 1.87. The zero-order valence-electron chi connectivity index (χ0n) is 10.0. The van der Waals surface area contributed by atoms with Gasteiger partial charge in [0.25, 0.3) is 5.91 Å². The molecule has 1 saturated heterocycles. The molecule has 2 rings (SSSR count). The molecule has 5 nitrogen and oxygen atoms in total. The Labute approximate surface area is 101 Å². The molecule has 0 atom stereocenters. The summed E-state index contributed by atoms with van der Waals surface area (Å²) in [4.78, 5) is 21.5. The molecule has 2 heterocycles. The highest BCUT2D eigenvalue weighted by molar-refractivity contribution is 5.91. The second-order valence-electron chi connectivity index (χ2n) is 4.79. The van der Waals surface area contributed by atoms with Gasteiger partial charge < -0.3 is 9.64 Å². The molecule has 17 heavy (non-hydrogen) atoms. The van der Waals surface area contributed by atoms with Crippen LogP contribution in [-0.4, -0.2) is 47.6 Å². The van der Waals surface area contributed by atoms with E-state index in [0.717, 1.165) is 0 Å². The molecule has 90 valence electrons. The van der Waals surface area contributed by atoms with Crippen LogP contribution >= 0.6 is 0 Å². The molecule has 1 fully saturated rings. The predicted molar refractivity (Wildman–Crippen MR) is 61.3 cm³/mol. The maximum Gasteiger partial charge on any atom is 0.273 e. The summed E-state index contributed by atoms with van der Waals surface area (Å²) in [7, 11) is 1.75. The number of ether oxygens (including phenoxy) is 1. The zero-order chi connectivity index (χ0) is 12.5. The smallest absolute Gasteiger partial charge is 0.273 e. The Morgan fingerprint density at radius 2 is 2.29 bits per heavy atom. The lowest BCUT2D eigenvalue weighted by Crippen LogP contribution is -2.49. The minimum atomic E-state index is -0.169. The van der Waals surface area contributed by atoms with E-state index in [1.54, 1.807) is 11.9 Å². The molecule has 1 aliphatic rings. The van der Waals surface area contributed by atoms with E-state index in [1.165, 1.54) is 12.4 Å². The standard InChI is InChI=1S/C12H15N3O2/c1-9-4-13-5-10(14-9)11(16)15(3)6-12(2)7-17-8-12/h1,4-5H,6-8H2,2-3H3. The summed E-state index contributed by atoms with van der Waals surface area (Å²) in [6.45, 7) is 9.60. The van der Waals surface area contributed by atoms with Gasteiger partial charge in [-0.2, -0.15) is 0 Å². The third-order valence-corrected chi connectivity index (χ3v) is 2.74. The highest BCUT2D eigenvalue weighted by Gasteiger charge is 2.35. The lowest BCUT2D eigenvalue weighted by molar-refractivity contribution is -0.109. The fraction of sp³-hybridized carbons (Fsp3) is 0.500. The Kier molecular flexibility index (Phi) is 3.11. The average Bonchev–Trinajstić information content (AvgIpc) is 2.26. The number of carbonyl (C=O) groups is 1. The summed E-state index contributed by atoms with van der Waals surface area (Å²) in [5.41, 5.74) is 0.580. The van der Waals surface area contributed by atoms with Crippen LogP contribution in [0.15, 0.2) is 12.4 Å². The third kappa shape index (κ3) is 2.61. The van der Waals surface area contributed by atoms with Crippen molar-refractivity contribution in [2.45, 2.75) is 6.92 Å². The van der Waals surface area contributed by atoms with Gasteiger partial charge in [-0.1, -0.05) is 6.92 Å². The molecule has 1 aliphatic heterocycles. The van der Waals surface area contributed by atoms with Crippen LogP contribution in [0, 0.1) is 12.3 Å². The second kappa shape index (κ2) is 4.41. The van der Waals surface area contributed by atoms with Gasteiger partial charge in [-0.3, -0.25) is 9.78 Å². The van der Waals surface area contributed by atoms with E-state index >= 15 is 0 Å². The van der Waals surface area contributed by atoms with Crippen LogP contribution in [0.2, 0.25) is 0 Å². The highest BCUT2D eigenvalue weighted by atomic mass is 16.5. The maximum atomic E-state index is 12.0. The molecule has 0 aliphatic carbocycles. The van der Waals surface area contributed by atoms with Crippen molar-refractivity contribution in [1.82, 2.24) is 14.9 Å². The molecule has 0 spiro atoms. The van der Waals surface area contributed by atoms with Crippen LogP contribution < -0.4 is 0 Å². The van der Waals surface area contributed by atoms with Crippen LogP contribution in [0.3, 0.4) is 0 Å². The van der Waals surface area contributed by atoms with Gasteiger partial charge in [-0.25, -0.2) is 4.98 Å². The largest absolute Gasteiger partial charge is 0.380 e. The van der Waals surface area contributed by atoms with Gasteiger partial charge in [-0.05, 0) is 0 Å². The highest BCUT2D eigenvalue weighted by Crippen LogP contribution is 2.27. The number of hydrogen-bond acceptors (Lipinski definition) is 4. The molecule has 1 amide bonds. The summed E-state index contributed by atoms with van der Waals surface area (Å²) in [5.74, 6) is -0.169. The molecule has 5 heteroatoms. The Morgan fingerprint density at radius 1 is 1.59 bits per heavy atom. The molecular formula is C12H15N3O2. The minimum Gasteiger partial charge on any atom is -0.380 e. The molecular weight excluding hydrogens is 218 g/mol. The number of amides is 1. The minimum absolute atomic E-state index is 0.0537. The molecule has 1 aromatic rings. The second-order valence-corrected chi connectivity index (χ2v) is 4.79. The lowest BCUT2D eigenvalue weighted by atomic mass is 9.88. The van der Waals surface area contributed by atoms with Crippen LogP contribution in [0.4, 0.5) is 0 Å². The predicted octanol–water partition coefficient (Wildman–Crippen LogP) is 0.644. The van der Waals surface area contributed by atoms with Crippen LogP contribution in [0.5, 0.6) is 0 Å². The van der Waals surface area contributed by atoms with Crippen molar-refractivity contribution in [2.75, 3.05) is 26.8 Å². The van der Waals surface area contributed by atoms with Gasteiger partial charge in [0, 0.05) is 32.1 Å². The first-order chi connectivity index (χ1) is 8.00. The Morgan fingerprint density at radius 3 is 2.82 bits per heavy atom. The van der Waals surface area contributed by atoms with Crippen molar-refractivity contribution in [1.29, 1.82) is 0 Å².